The number of rotatable bonds is 6. The lowest BCUT2D eigenvalue weighted by atomic mass is 10.3. The van der Waals surface area contributed by atoms with Gasteiger partial charge in [0, 0.05) is 31.6 Å². The van der Waals surface area contributed by atoms with Gasteiger partial charge in [0.15, 0.2) is 6.61 Å². The van der Waals surface area contributed by atoms with Crippen molar-refractivity contribution in [1.29, 1.82) is 0 Å². The third-order valence-electron chi connectivity index (χ3n) is 4.32. The summed E-state index contributed by atoms with van der Waals surface area (Å²) >= 11 is 1.45. The molecule has 2 heterocycles. The molecule has 1 amide bonds. The van der Waals surface area contributed by atoms with Gasteiger partial charge in [0.25, 0.3) is 5.91 Å². The molecule has 8 nitrogen and oxygen atoms in total. The van der Waals surface area contributed by atoms with Gasteiger partial charge in [0.1, 0.15) is 0 Å². The summed E-state index contributed by atoms with van der Waals surface area (Å²) in [5.41, 5.74) is 0.625. The molecule has 0 atom stereocenters. The molecule has 0 N–H and O–H groups in total. The van der Waals surface area contributed by atoms with E-state index in [2.05, 4.69) is 4.98 Å². The maximum absolute atomic E-state index is 12.6. The highest BCUT2D eigenvalue weighted by molar-refractivity contribution is 7.89. The van der Waals surface area contributed by atoms with Crippen molar-refractivity contribution in [3.63, 3.8) is 0 Å². The number of nitrogens with zero attached hydrogens (tertiary/aromatic N) is 3. The Balaban J connectivity index is 1.46. The van der Waals surface area contributed by atoms with Gasteiger partial charge in [-0.15, -0.1) is 11.3 Å². The summed E-state index contributed by atoms with van der Waals surface area (Å²) < 4.78 is 31.6. The maximum Gasteiger partial charge on any atom is 0.312 e. The van der Waals surface area contributed by atoms with Gasteiger partial charge in [-0.2, -0.15) is 4.31 Å². The average molecular weight is 424 g/mol. The largest absolute Gasteiger partial charge is 0.455 e. The van der Waals surface area contributed by atoms with E-state index in [1.54, 1.807) is 35.7 Å². The van der Waals surface area contributed by atoms with Crippen LogP contribution < -0.4 is 0 Å². The Bertz CT molecular complexity index is 935. The third-order valence-corrected chi connectivity index (χ3v) is 7.06. The molecule has 2 aromatic rings. The fourth-order valence-electron chi connectivity index (χ4n) is 2.84. The van der Waals surface area contributed by atoms with Crippen LogP contribution in [0.5, 0.6) is 0 Å². The number of sulfonamides is 1. The normalized spacial score (nSPS) is 15.4. The molecule has 150 valence electrons. The van der Waals surface area contributed by atoms with Crippen LogP contribution in [0.15, 0.2) is 40.6 Å². The van der Waals surface area contributed by atoms with Crippen LogP contribution in [0.3, 0.4) is 0 Å². The van der Waals surface area contributed by atoms with Gasteiger partial charge in [-0.05, 0) is 19.1 Å². The number of aryl methyl sites for hydroxylation is 1. The lowest BCUT2D eigenvalue weighted by Gasteiger charge is -2.33. The minimum atomic E-state index is -3.57. The topological polar surface area (TPSA) is 96.9 Å². The maximum atomic E-state index is 12.6. The molecule has 0 radical (unpaired) electrons. The van der Waals surface area contributed by atoms with E-state index in [1.807, 2.05) is 6.92 Å². The molecule has 0 unspecified atom stereocenters. The predicted molar refractivity (Wildman–Crippen MR) is 103 cm³/mol. The van der Waals surface area contributed by atoms with Crippen LogP contribution >= 0.6 is 11.3 Å². The average Bonchev–Trinajstić information content (AvgIpc) is 3.11. The van der Waals surface area contributed by atoms with Gasteiger partial charge in [0.05, 0.1) is 22.0 Å². The molecule has 10 heteroatoms. The Labute approximate surface area is 167 Å². The van der Waals surface area contributed by atoms with E-state index in [1.165, 1.54) is 20.5 Å². The Hall–Kier alpha value is -2.30. The second kappa shape index (κ2) is 8.80. The molecule has 0 aliphatic carbocycles. The van der Waals surface area contributed by atoms with Crippen LogP contribution in [0.25, 0.3) is 0 Å². The lowest BCUT2D eigenvalue weighted by molar-refractivity contribution is -0.152. The third kappa shape index (κ3) is 4.94. The zero-order chi connectivity index (χ0) is 20.1. The minimum Gasteiger partial charge on any atom is -0.455 e. The van der Waals surface area contributed by atoms with E-state index >= 15 is 0 Å². The van der Waals surface area contributed by atoms with Gasteiger partial charge in [-0.25, -0.2) is 13.4 Å². The van der Waals surface area contributed by atoms with Crippen molar-refractivity contribution in [2.75, 3.05) is 32.8 Å². The summed E-state index contributed by atoms with van der Waals surface area (Å²) in [5, 5.41) is 2.65. The van der Waals surface area contributed by atoms with Crippen molar-refractivity contribution < 1.29 is 22.7 Å². The van der Waals surface area contributed by atoms with Crippen LogP contribution in [-0.2, 0) is 30.8 Å². The van der Waals surface area contributed by atoms with E-state index < -0.39 is 16.0 Å². The fraction of sp³-hybridized carbons (Fsp3) is 0.389. The van der Waals surface area contributed by atoms with Gasteiger partial charge < -0.3 is 9.64 Å². The second-order valence-electron chi connectivity index (χ2n) is 6.29. The van der Waals surface area contributed by atoms with Crippen molar-refractivity contribution in [2.24, 2.45) is 0 Å². The van der Waals surface area contributed by atoms with Gasteiger partial charge >= 0.3 is 5.97 Å². The molecule has 0 saturated carbocycles. The fourth-order valence-corrected chi connectivity index (χ4v) is 4.90. The first-order valence-corrected chi connectivity index (χ1v) is 11.1. The van der Waals surface area contributed by atoms with Crippen LogP contribution in [0.1, 0.15) is 10.7 Å². The Kier molecular flexibility index (Phi) is 6.42. The van der Waals surface area contributed by atoms with E-state index in [-0.39, 0.29) is 50.0 Å². The van der Waals surface area contributed by atoms with Crippen LogP contribution in [0.2, 0.25) is 0 Å². The summed E-state index contributed by atoms with van der Waals surface area (Å²) in [6.07, 6.45) is 0.0285. The molecule has 1 aliphatic heterocycles. The first-order valence-electron chi connectivity index (χ1n) is 8.76. The number of amides is 1. The molecule has 1 aromatic carbocycles. The number of carbonyl (C=O) groups is 2. The van der Waals surface area contributed by atoms with Crippen LogP contribution in [0.4, 0.5) is 0 Å². The van der Waals surface area contributed by atoms with Crippen molar-refractivity contribution in [3.05, 3.63) is 46.4 Å². The highest BCUT2D eigenvalue weighted by Gasteiger charge is 2.30. The molecular weight excluding hydrogens is 402 g/mol. The molecule has 28 heavy (non-hydrogen) atoms. The Morgan fingerprint density at radius 2 is 1.82 bits per heavy atom. The number of ether oxygens (including phenoxy) is 1. The van der Waals surface area contributed by atoms with E-state index in [9.17, 15) is 18.0 Å². The van der Waals surface area contributed by atoms with E-state index in [0.717, 1.165) is 5.01 Å². The number of aromatic nitrogens is 1. The van der Waals surface area contributed by atoms with Crippen molar-refractivity contribution >= 4 is 33.2 Å². The first-order chi connectivity index (χ1) is 13.4. The Morgan fingerprint density at radius 3 is 2.43 bits per heavy atom. The number of carbonyl (C=O) groups excluding carboxylic acids is 2. The van der Waals surface area contributed by atoms with Crippen molar-refractivity contribution in [1.82, 2.24) is 14.2 Å². The van der Waals surface area contributed by atoms with Crippen LogP contribution in [0, 0.1) is 6.92 Å². The van der Waals surface area contributed by atoms with Crippen molar-refractivity contribution in [3.8, 4) is 0 Å². The molecule has 1 aliphatic rings. The summed E-state index contributed by atoms with van der Waals surface area (Å²) in [6.45, 7) is 2.42. The molecule has 1 fully saturated rings. The number of piperazine rings is 1. The Morgan fingerprint density at radius 1 is 1.14 bits per heavy atom. The quantitative estimate of drug-likeness (QED) is 0.645. The predicted octanol–water partition coefficient (Wildman–Crippen LogP) is 1.07. The molecule has 0 bridgehead atoms. The summed E-state index contributed by atoms with van der Waals surface area (Å²) in [7, 11) is -3.57. The second-order valence-corrected chi connectivity index (χ2v) is 9.29. The van der Waals surface area contributed by atoms with Gasteiger partial charge in [-0.3, -0.25) is 9.59 Å². The smallest absolute Gasteiger partial charge is 0.312 e. The number of benzene rings is 1. The number of hydrogen-bond donors (Lipinski definition) is 0. The summed E-state index contributed by atoms with van der Waals surface area (Å²) in [5.74, 6) is -0.844. The van der Waals surface area contributed by atoms with Gasteiger partial charge in [0.2, 0.25) is 10.0 Å². The molecular formula is C18H21N3O5S2. The number of thiazole rings is 1. The van der Waals surface area contributed by atoms with E-state index in [0.29, 0.717) is 5.69 Å². The molecule has 3 rings (SSSR count). The summed E-state index contributed by atoms with van der Waals surface area (Å²) in [6, 6.07) is 8.21. The standard InChI is InChI=1S/C18H21N3O5S2/c1-14-19-15(13-27-14)11-18(23)26-12-17(22)20-7-9-21(10-8-20)28(24,25)16-5-3-2-4-6-16/h2-6,13H,7-12H2,1H3. The highest BCUT2D eigenvalue weighted by Crippen LogP contribution is 2.17. The first kappa shape index (κ1) is 20.4. The number of esters is 1. The lowest BCUT2D eigenvalue weighted by Crippen LogP contribution is -2.51. The van der Waals surface area contributed by atoms with Gasteiger partial charge in [-0.1, -0.05) is 18.2 Å². The number of hydrogen-bond acceptors (Lipinski definition) is 7. The molecule has 1 aromatic heterocycles. The zero-order valence-corrected chi connectivity index (χ0v) is 17.0. The van der Waals surface area contributed by atoms with Crippen LogP contribution in [-0.4, -0.2) is 67.3 Å². The van der Waals surface area contributed by atoms with Crippen molar-refractivity contribution in [2.45, 2.75) is 18.2 Å². The SMILES string of the molecule is Cc1nc(CC(=O)OCC(=O)N2CCN(S(=O)(=O)c3ccccc3)CC2)cs1. The molecule has 0 spiro atoms. The van der Waals surface area contributed by atoms with E-state index in [4.69, 9.17) is 4.74 Å². The monoisotopic (exact) mass is 423 g/mol. The summed E-state index contributed by atoms with van der Waals surface area (Å²) in [4.78, 5) is 30.0. The highest BCUT2D eigenvalue weighted by atomic mass is 32.2. The zero-order valence-electron chi connectivity index (χ0n) is 15.4. The molecule has 1 saturated heterocycles. The minimum absolute atomic E-state index is 0.0285.